The number of carboxylic acids is 1. The Morgan fingerprint density at radius 2 is 1.89 bits per heavy atom. The molecule has 2 rings (SSSR count). The van der Waals surface area contributed by atoms with Crippen LogP contribution in [-0.2, 0) is 28.5 Å². The molecule has 0 aromatic heterocycles. The Kier molecular flexibility index (Phi) is 11.2. The first-order valence-corrected chi connectivity index (χ1v) is 13.1. The average Bonchev–Trinajstić information content (AvgIpc) is 3.11. The molecule has 0 spiro atoms. The van der Waals surface area contributed by atoms with Crippen LogP contribution in [0.2, 0.25) is 0 Å². The summed E-state index contributed by atoms with van der Waals surface area (Å²) in [5.41, 5.74) is 0.845. The van der Waals surface area contributed by atoms with Gasteiger partial charge in [0.2, 0.25) is 0 Å². The molecule has 36 heavy (non-hydrogen) atoms. The molecule has 2 heterocycles. The largest absolute Gasteiger partial charge is 0.481 e. The van der Waals surface area contributed by atoms with Crippen molar-refractivity contribution in [2.75, 3.05) is 7.11 Å². The Morgan fingerprint density at radius 3 is 2.50 bits per heavy atom. The van der Waals surface area contributed by atoms with Crippen LogP contribution in [0.4, 0.5) is 0 Å². The molecule has 8 heteroatoms. The lowest BCUT2D eigenvalue weighted by Gasteiger charge is -2.31. The molecule has 2 aliphatic rings. The number of allylic oxidation sites excluding steroid dienone is 1. The molecule has 0 unspecified atom stereocenters. The zero-order valence-corrected chi connectivity index (χ0v) is 23.1. The Balaban J connectivity index is 2.26. The molecule has 2 aliphatic heterocycles. The Labute approximate surface area is 216 Å². The minimum atomic E-state index is -0.974. The molecule has 0 aliphatic carbocycles. The molecular weight excluding hydrogens is 464 g/mol. The van der Waals surface area contributed by atoms with Gasteiger partial charge in [-0.25, -0.2) is 4.79 Å². The molecule has 0 amide bonds. The summed E-state index contributed by atoms with van der Waals surface area (Å²) in [4.78, 5) is 24.5. The van der Waals surface area contributed by atoms with Crippen molar-refractivity contribution >= 4 is 11.9 Å². The maximum Gasteiger partial charge on any atom is 0.339 e. The lowest BCUT2D eigenvalue weighted by Crippen LogP contribution is -2.38. The smallest absolute Gasteiger partial charge is 0.339 e. The quantitative estimate of drug-likeness (QED) is 0.363. The van der Waals surface area contributed by atoms with Crippen molar-refractivity contribution < 1.29 is 38.7 Å². The predicted molar refractivity (Wildman–Crippen MR) is 136 cm³/mol. The van der Waals surface area contributed by atoms with Gasteiger partial charge in [-0.1, -0.05) is 52.3 Å². The fourth-order valence-corrected chi connectivity index (χ4v) is 5.23. The summed E-state index contributed by atoms with van der Waals surface area (Å²) in [5, 5.41) is 20.1. The van der Waals surface area contributed by atoms with E-state index in [1.807, 2.05) is 26.0 Å². The van der Waals surface area contributed by atoms with Crippen molar-refractivity contribution in [2.45, 2.75) is 110 Å². The van der Waals surface area contributed by atoms with Crippen LogP contribution in [-0.4, -0.2) is 65.6 Å². The second-order valence-corrected chi connectivity index (χ2v) is 11.1. The number of aliphatic carboxylic acids is 1. The number of carbonyl (C=O) groups excluding carboxylic acids is 1. The highest BCUT2D eigenvalue weighted by Crippen LogP contribution is 2.33. The van der Waals surface area contributed by atoms with Crippen LogP contribution in [0.15, 0.2) is 23.8 Å². The molecule has 9 atom stereocenters. The number of hydrogen-bond acceptors (Lipinski definition) is 7. The van der Waals surface area contributed by atoms with Gasteiger partial charge >= 0.3 is 11.9 Å². The van der Waals surface area contributed by atoms with Crippen LogP contribution in [0.1, 0.15) is 74.1 Å². The number of methoxy groups -OCH3 is 1. The van der Waals surface area contributed by atoms with Crippen molar-refractivity contribution in [3.8, 4) is 0 Å². The highest BCUT2D eigenvalue weighted by molar-refractivity contribution is 5.76. The van der Waals surface area contributed by atoms with E-state index in [1.54, 1.807) is 20.8 Å². The zero-order chi connectivity index (χ0) is 27.2. The number of carboxylic acid groups (broad SMARTS) is 1. The van der Waals surface area contributed by atoms with Gasteiger partial charge in [0.25, 0.3) is 0 Å². The molecule has 206 valence electrons. The van der Waals surface area contributed by atoms with Crippen LogP contribution >= 0.6 is 0 Å². The average molecular weight is 511 g/mol. The van der Waals surface area contributed by atoms with Gasteiger partial charge in [-0.15, -0.1) is 0 Å². The number of ether oxygens (including phenoxy) is 4. The van der Waals surface area contributed by atoms with E-state index in [-0.39, 0.29) is 18.3 Å². The van der Waals surface area contributed by atoms with Crippen LogP contribution in [0.3, 0.4) is 0 Å². The molecule has 2 N–H and O–H groups in total. The van der Waals surface area contributed by atoms with Gasteiger partial charge in [0.1, 0.15) is 12.2 Å². The van der Waals surface area contributed by atoms with E-state index in [9.17, 15) is 14.7 Å². The minimum absolute atomic E-state index is 0.0649. The summed E-state index contributed by atoms with van der Waals surface area (Å²) < 4.78 is 23.3. The van der Waals surface area contributed by atoms with Crippen LogP contribution in [0.5, 0.6) is 0 Å². The predicted octanol–water partition coefficient (Wildman–Crippen LogP) is 4.50. The van der Waals surface area contributed by atoms with E-state index in [4.69, 9.17) is 24.1 Å². The number of esters is 1. The molecule has 0 aromatic rings. The maximum absolute atomic E-state index is 13.3. The zero-order valence-electron chi connectivity index (χ0n) is 23.1. The fourth-order valence-electron chi connectivity index (χ4n) is 5.23. The molecule has 0 saturated carbocycles. The lowest BCUT2D eigenvalue weighted by atomic mass is 9.85. The number of aliphatic hydroxyl groups is 1. The van der Waals surface area contributed by atoms with Crippen molar-refractivity contribution in [2.24, 2.45) is 23.7 Å². The van der Waals surface area contributed by atoms with Crippen molar-refractivity contribution in [1.82, 2.24) is 0 Å². The van der Waals surface area contributed by atoms with E-state index in [0.717, 1.165) is 24.8 Å². The van der Waals surface area contributed by atoms with Gasteiger partial charge in [-0.2, -0.15) is 0 Å². The number of fused-ring (bicyclic) bond motifs is 1. The van der Waals surface area contributed by atoms with Gasteiger partial charge in [-0.05, 0) is 51.0 Å². The van der Waals surface area contributed by atoms with Crippen molar-refractivity contribution in [3.05, 3.63) is 23.8 Å². The Bertz CT molecular complexity index is 803. The molecule has 1 saturated heterocycles. The molecule has 8 nitrogen and oxygen atoms in total. The van der Waals surface area contributed by atoms with Gasteiger partial charge in [-0.3, -0.25) is 4.79 Å². The number of cyclic esters (lactones) is 1. The molecule has 0 bridgehead atoms. The summed E-state index contributed by atoms with van der Waals surface area (Å²) in [6.45, 7) is 13.4. The third-order valence-corrected chi connectivity index (χ3v) is 7.39. The fraction of sp³-hybridized carbons (Fsp3) is 0.786. The first-order chi connectivity index (χ1) is 16.8. The third kappa shape index (κ3) is 8.40. The van der Waals surface area contributed by atoms with E-state index < -0.39 is 54.2 Å². The van der Waals surface area contributed by atoms with Crippen molar-refractivity contribution in [1.29, 1.82) is 0 Å². The number of hydrogen-bond donors (Lipinski definition) is 2. The van der Waals surface area contributed by atoms with Gasteiger partial charge < -0.3 is 29.2 Å². The molecular formula is C28H46O8. The van der Waals surface area contributed by atoms with Crippen LogP contribution < -0.4 is 0 Å². The summed E-state index contributed by atoms with van der Waals surface area (Å²) in [7, 11) is 1.45. The molecule has 1 fully saturated rings. The summed E-state index contributed by atoms with van der Waals surface area (Å²) in [6.07, 6.45) is 5.34. The lowest BCUT2D eigenvalue weighted by molar-refractivity contribution is -0.174. The molecule has 0 radical (unpaired) electrons. The van der Waals surface area contributed by atoms with E-state index >= 15 is 0 Å². The number of carbonyl (C=O) groups is 2. The Morgan fingerprint density at radius 1 is 1.22 bits per heavy atom. The van der Waals surface area contributed by atoms with Crippen LogP contribution in [0.25, 0.3) is 0 Å². The second kappa shape index (κ2) is 13.2. The SMILES string of the molecule is CO[C@H](CC(=O)O)[C@@H](C)[C@H](O)[C@H](C)/C=C(\C)[C@H]1OC(=O)[C@@H]2OC(C)(C)O[C@@H]2/C=C/[C@H](C)CCC[C@@H]1C. The molecule has 0 aromatic carbocycles. The van der Waals surface area contributed by atoms with Gasteiger partial charge in [0.05, 0.1) is 18.6 Å². The van der Waals surface area contributed by atoms with E-state index in [2.05, 4.69) is 19.9 Å². The summed E-state index contributed by atoms with van der Waals surface area (Å²) in [5.74, 6) is -2.62. The van der Waals surface area contributed by atoms with Crippen molar-refractivity contribution in [3.63, 3.8) is 0 Å². The highest BCUT2D eigenvalue weighted by atomic mass is 16.8. The van der Waals surface area contributed by atoms with Gasteiger partial charge in [0.15, 0.2) is 11.9 Å². The van der Waals surface area contributed by atoms with E-state index in [1.165, 1.54) is 7.11 Å². The number of rotatable bonds is 8. The number of aliphatic hydroxyl groups excluding tert-OH is 1. The minimum Gasteiger partial charge on any atom is -0.481 e. The Hall–Kier alpha value is -1.74. The normalized spacial score (nSPS) is 33.8. The topological polar surface area (TPSA) is 112 Å². The maximum atomic E-state index is 13.3. The first-order valence-electron chi connectivity index (χ1n) is 13.1. The van der Waals surface area contributed by atoms with Crippen LogP contribution in [0, 0.1) is 23.7 Å². The summed E-state index contributed by atoms with van der Waals surface area (Å²) in [6, 6.07) is 0. The standard InChI is InChI=1S/C28H46O8/c1-16-10-9-11-17(2)25(34-27(32)26-21(13-12-16)35-28(6,7)36-26)19(4)14-18(3)24(31)20(5)22(33-8)15-23(29)30/h12-14,16-18,20-22,24-26,31H,9-11,15H2,1-8H3,(H,29,30)/b13-12+,19-14+/t16-,17+,18-,20-,21-,22-,24-,25+,26-/m1/s1. The highest BCUT2D eigenvalue weighted by Gasteiger charge is 2.46. The van der Waals surface area contributed by atoms with Gasteiger partial charge in [0, 0.05) is 18.9 Å². The second-order valence-electron chi connectivity index (χ2n) is 11.1. The monoisotopic (exact) mass is 510 g/mol. The first kappa shape index (κ1) is 30.5. The third-order valence-electron chi connectivity index (χ3n) is 7.39. The van der Waals surface area contributed by atoms with E-state index in [0.29, 0.717) is 5.92 Å². The summed E-state index contributed by atoms with van der Waals surface area (Å²) >= 11 is 0.